The summed E-state index contributed by atoms with van der Waals surface area (Å²) in [6, 6.07) is 8.35. The summed E-state index contributed by atoms with van der Waals surface area (Å²) in [6.45, 7) is 5.47. The molecule has 142 valence electrons. The maximum absolute atomic E-state index is 12.3. The average molecular weight is 370 g/mol. The summed E-state index contributed by atoms with van der Waals surface area (Å²) in [7, 11) is 0. The highest BCUT2D eigenvalue weighted by Crippen LogP contribution is 2.12. The Morgan fingerprint density at radius 3 is 2.33 bits per heavy atom. The van der Waals surface area contributed by atoms with Gasteiger partial charge in [0.25, 0.3) is 5.91 Å². The van der Waals surface area contributed by atoms with Crippen LogP contribution in [0.15, 0.2) is 36.0 Å². The van der Waals surface area contributed by atoms with Gasteiger partial charge in [0.15, 0.2) is 5.78 Å². The smallest absolute Gasteiger partial charge is 0.409 e. The van der Waals surface area contributed by atoms with Gasteiger partial charge < -0.3 is 19.9 Å². The van der Waals surface area contributed by atoms with Gasteiger partial charge in [0.2, 0.25) is 0 Å². The predicted octanol–water partition coefficient (Wildman–Crippen LogP) is 2.01. The lowest BCUT2D eigenvalue weighted by Crippen LogP contribution is -2.47. The van der Waals surface area contributed by atoms with Crippen LogP contribution < -0.4 is 5.32 Å². The van der Waals surface area contributed by atoms with E-state index in [0.29, 0.717) is 44.0 Å². The number of nitriles is 1. The first kappa shape index (κ1) is 20.0. The topological polar surface area (TPSA) is 103 Å². The Labute approximate surface area is 158 Å². The predicted molar refractivity (Wildman–Crippen MR) is 98.9 cm³/mol. The van der Waals surface area contributed by atoms with E-state index in [9.17, 15) is 19.6 Å². The highest BCUT2D eigenvalue weighted by Gasteiger charge is 2.21. The lowest BCUT2D eigenvalue weighted by atomic mass is 10.1. The number of amides is 2. The quantitative estimate of drug-likeness (QED) is 0.483. The van der Waals surface area contributed by atoms with Crippen LogP contribution in [-0.2, 0) is 9.53 Å². The Balaban J connectivity index is 1.95. The second-order valence-corrected chi connectivity index (χ2v) is 5.96. The van der Waals surface area contributed by atoms with Crippen molar-refractivity contribution in [2.24, 2.45) is 0 Å². The van der Waals surface area contributed by atoms with Gasteiger partial charge in [-0.2, -0.15) is 5.26 Å². The molecule has 0 saturated carbocycles. The van der Waals surface area contributed by atoms with E-state index in [-0.39, 0.29) is 17.4 Å². The van der Waals surface area contributed by atoms with Crippen molar-refractivity contribution >= 4 is 23.5 Å². The number of piperazine rings is 1. The van der Waals surface area contributed by atoms with Gasteiger partial charge in [0.1, 0.15) is 11.6 Å². The number of ketones is 1. The zero-order valence-corrected chi connectivity index (χ0v) is 15.4. The number of Topliss-reactive ketones (excluding diaryl/α,β-unsaturated/α-hetero) is 1. The molecule has 1 aliphatic heterocycles. The Bertz CT molecular complexity index is 772. The molecule has 2 rings (SSSR count). The molecule has 1 aliphatic rings. The van der Waals surface area contributed by atoms with Crippen LogP contribution >= 0.6 is 0 Å². The van der Waals surface area contributed by atoms with Crippen molar-refractivity contribution in [3.05, 3.63) is 41.6 Å². The van der Waals surface area contributed by atoms with E-state index in [4.69, 9.17) is 4.74 Å². The highest BCUT2D eigenvalue weighted by atomic mass is 16.6. The molecule has 27 heavy (non-hydrogen) atoms. The number of benzene rings is 1. The van der Waals surface area contributed by atoms with Crippen LogP contribution in [0, 0.1) is 11.3 Å². The lowest BCUT2D eigenvalue weighted by Gasteiger charge is -2.33. The number of hydrogen-bond donors (Lipinski definition) is 1. The van der Waals surface area contributed by atoms with Gasteiger partial charge in [-0.25, -0.2) is 4.79 Å². The molecule has 8 heteroatoms. The second kappa shape index (κ2) is 9.38. The van der Waals surface area contributed by atoms with E-state index >= 15 is 0 Å². The fourth-order valence-corrected chi connectivity index (χ4v) is 2.56. The van der Waals surface area contributed by atoms with Gasteiger partial charge in [-0.1, -0.05) is 0 Å². The minimum absolute atomic E-state index is 0.0322. The maximum Gasteiger partial charge on any atom is 0.409 e. The molecule has 0 unspecified atom stereocenters. The van der Waals surface area contributed by atoms with Crippen molar-refractivity contribution in [3.8, 4) is 6.07 Å². The number of nitrogens with zero attached hydrogens (tertiary/aromatic N) is 3. The average Bonchev–Trinajstić information content (AvgIpc) is 2.67. The molecular weight excluding hydrogens is 348 g/mol. The first-order valence-corrected chi connectivity index (χ1v) is 8.64. The minimum Gasteiger partial charge on any atom is -0.450 e. The second-order valence-electron chi connectivity index (χ2n) is 5.96. The summed E-state index contributed by atoms with van der Waals surface area (Å²) in [5.74, 6) is -0.589. The molecular formula is C19H22N4O4. The normalized spacial score (nSPS) is 14.3. The molecule has 0 spiro atoms. The van der Waals surface area contributed by atoms with E-state index in [1.54, 1.807) is 36.1 Å². The van der Waals surface area contributed by atoms with Gasteiger partial charge >= 0.3 is 6.09 Å². The molecule has 2 amide bonds. The van der Waals surface area contributed by atoms with Gasteiger partial charge in [-0.05, 0) is 38.1 Å². The van der Waals surface area contributed by atoms with Crippen molar-refractivity contribution in [3.63, 3.8) is 0 Å². The monoisotopic (exact) mass is 370 g/mol. The molecule has 0 radical (unpaired) electrons. The zero-order valence-electron chi connectivity index (χ0n) is 15.4. The summed E-state index contributed by atoms with van der Waals surface area (Å²) in [6.07, 6.45) is 1.15. The Hall–Kier alpha value is -3.34. The Morgan fingerprint density at radius 2 is 1.81 bits per heavy atom. The fraction of sp³-hybridized carbons (Fsp3) is 0.368. The third-order valence-corrected chi connectivity index (χ3v) is 4.07. The zero-order chi connectivity index (χ0) is 19.8. The van der Waals surface area contributed by atoms with E-state index in [1.165, 1.54) is 13.1 Å². The molecule has 0 aromatic heterocycles. The van der Waals surface area contributed by atoms with Crippen LogP contribution in [0.25, 0.3) is 0 Å². The molecule has 8 nitrogen and oxygen atoms in total. The summed E-state index contributed by atoms with van der Waals surface area (Å²) in [4.78, 5) is 38.7. The molecule has 0 atom stereocenters. The summed E-state index contributed by atoms with van der Waals surface area (Å²) < 4.78 is 4.96. The van der Waals surface area contributed by atoms with E-state index in [0.717, 1.165) is 0 Å². The third-order valence-electron chi connectivity index (χ3n) is 4.07. The first-order chi connectivity index (χ1) is 12.9. The largest absolute Gasteiger partial charge is 0.450 e. The number of ether oxygens (including phenoxy) is 1. The van der Waals surface area contributed by atoms with Crippen molar-refractivity contribution < 1.29 is 19.1 Å². The molecule has 1 N–H and O–H groups in total. The Morgan fingerprint density at radius 1 is 1.19 bits per heavy atom. The van der Waals surface area contributed by atoms with Crippen LogP contribution in [0.4, 0.5) is 10.5 Å². The standard InChI is InChI=1S/C19H22N4O4/c1-3-27-19(26)23-10-8-22(9-11-23)13-16(12-20)18(25)21-17-6-4-15(5-7-17)14(2)24/h4-7,13H,3,8-11H2,1-2H3,(H,21,25)/b16-13-. The maximum atomic E-state index is 12.3. The van der Waals surface area contributed by atoms with Crippen LogP contribution in [0.1, 0.15) is 24.2 Å². The molecule has 1 heterocycles. The molecule has 0 bridgehead atoms. The summed E-state index contributed by atoms with van der Waals surface area (Å²) >= 11 is 0. The van der Waals surface area contributed by atoms with Crippen LogP contribution in [0.2, 0.25) is 0 Å². The first-order valence-electron chi connectivity index (χ1n) is 8.64. The van der Waals surface area contributed by atoms with Crippen molar-refractivity contribution in [2.45, 2.75) is 13.8 Å². The number of hydrogen-bond acceptors (Lipinski definition) is 6. The van der Waals surface area contributed by atoms with Gasteiger partial charge in [-0.15, -0.1) is 0 Å². The summed E-state index contributed by atoms with van der Waals surface area (Å²) in [5.41, 5.74) is 1.01. The molecule has 1 aromatic carbocycles. The number of nitrogens with one attached hydrogen (secondary N) is 1. The molecule has 1 fully saturated rings. The molecule has 1 aromatic rings. The fourth-order valence-electron chi connectivity index (χ4n) is 2.56. The summed E-state index contributed by atoms with van der Waals surface area (Å²) in [5, 5.41) is 11.9. The molecule has 0 aliphatic carbocycles. The number of carbonyl (C=O) groups excluding carboxylic acids is 3. The number of carbonyl (C=O) groups is 3. The van der Waals surface area contributed by atoms with E-state index in [1.807, 2.05) is 11.0 Å². The highest BCUT2D eigenvalue weighted by molar-refractivity contribution is 6.06. The lowest BCUT2D eigenvalue weighted by molar-refractivity contribution is -0.112. The van der Waals surface area contributed by atoms with Crippen LogP contribution in [0.3, 0.4) is 0 Å². The van der Waals surface area contributed by atoms with Crippen LogP contribution in [0.5, 0.6) is 0 Å². The number of rotatable bonds is 5. The van der Waals surface area contributed by atoms with E-state index in [2.05, 4.69) is 5.32 Å². The molecule has 1 saturated heterocycles. The van der Waals surface area contributed by atoms with Gasteiger partial charge in [-0.3, -0.25) is 9.59 Å². The van der Waals surface area contributed by atoms with Crippen molar-refractivity contribution in [2.75, 3.05) is 38.1 Å². The van der Waals surface area contributed by atoms with Gasteiger partial charge in [0, 0.05) is 43.6 Å². The number of anilines is 1. The van der Waals surface area contributed by atoms with Crippen molar-refractivity contribution in [1.29, 1.82) is 5.26 Å². The van der Waals surface area contributed by atoms with Gasteiger partial charge in [0.05, 0.1) is 6.61 Å². The van der Waals surface area contributed by atoms with Crippen molar-refractivity contribution in [1.82, 2.24) is 9.80 Å². The van der Waals surface area contributed by atoms with Crippen LogP contribution in [-0.4, -0.2) is 60.4 Å². The third kappa shape index (κ3) is 5.57. The van der Waals surface area contributed by atoms with E-state index < -0.39 is 5.91 Å². The Kier molecular flexibility index (Phi) is 6.94. The minimum atomic E-state index is -0.527. The SMILES string of the molecule is CCOC(=O)N1CCN(/C=C(/C#N)C(=O)Nc2ccc(C(C)=O)cc2)CC1.